The van der Waals surface area contributed by atoms with E-state index in [1.165, 1.54) is 0 Å². The fraction of sp³-hybridized carbons (Fsp3) is 0.200. The molecule has 2 aromatic heterocycles. The number of hydrogen-bond donors (Lipinski definition) is 2. The van der Waals surface area contributed by atoms with Gasteiger partial charge in [-0.1, -0.05) is 23.7 Å². The molecule has 0 spiro atoms. The van der Waals surface area contributed by atoms with Gasteiger partial charge in [-0.3, -0.25) is 4.98 Å². The highest BCUT2D eigenvalue weighted by molar-refractivity contribution is 6.30. The number of anilines is 1. The van der Waals surface area contributed by atoms with E-state index in [9.17, 15) is 4.79 Å². The van der Waals surface area contributed by atoms with Crippen LogP contribution in [0.5, 0.6) is 5.75 Å². The van der Waals surface area contributed by atoms with Gasteiger partial charge in [0.1, 0.15) is 16.4 Å². The van der Waals surface area contributed by atoms with Crippen molar-refractivity contribution in [1.82, 2.24) is 15.0 Å². The lowest BCUT2D eigenvalue weighted by Crippen LogP contribution is -2.17. The fourth-order valence-electron chi connectivity index (χ4n) is 2.36. The third-order valence-electron chi connectivity index (χ3n) is 3.43. The van der Waals surface area contributed by atoms with Crippen molar-refractivity contribution >= 4 is 28.5 Å². The Kier molecular flexibility index (Phi) is 3.77. The number of H-pyrrole nitrogens is 2. The van der Waals surface area contributed by atoms with Gasteiger partial charge in [0.05, 0.1) is 12.8 Å². The van der Waals surface area contributed by atoms with Crippen LogP contribution in [0.4, 0.5) is 5.69 Å². The predicted octanol–water partition coefficient (Wildman–Crippen LogP) is 2.55. The number of fused-ring (bicyclic) bond motifs is 1. The van der Waals surface area contributed by atoms with Crippen molar-refractivity contribution in [3.63, 3.8) is 0 Å². The first-order valence-electron chi connectivity index (χ1n) is 6.69. The topological polar surface area (TPSA) is 74.0 Å². The Bertz CT molecular complexity index is 854. The van der Waals surface area contributed by atoms with Crippen molar-refractivity contribution in [2.75, 3.05) is 19.1 Å². The summed E-state index contributed by atoms with van der Waals surface area (Å²) in [5, 5.41) is 0.333. The van der Waals surface area contributed by atoms with Crippen LogP contribution in [-0.4, -0.2) is 29.1 Å². The standard InChI is InChI=1S/C15H15ClN4O2/c1-20(8-9-3-5-10(22-2)6-4-9)11-7-12(16)17-14-13(11)18-15(21)19-14/h3-7H,8H2,1-2H3,(H2,17,18,19,21). The third-order valence-corrected chi connectivity index (χ3v) is 3.62. The summed E-state index contributed by atoms with van der Waals surface area (Å²) in [7, 11) is 3.57. The molecule has 6 nitrogen and oxygen atoms in total. The van der Waals surface area contributed by atoms with Gasteiger partial charge in [0, 0.05) is 19.7 Å². The van der Waals surface area contributed by atoms with E-state index in [-0.39, 0.29) is 5.69 Å². The van der Waals surface area contributed by atoms with Crippen molar-refractivity contribution in [3.8, 4) is 5.75 Å². The molecule has 7 heteroatoms. The molecule has 0 amide bonds. The first-order valence-corrected chi connectivity index (χ1v) is 7.07. The number of benzene rings is 1. The number of ether oxygens (including phenoxy) is 1. The predicted molar refractivity (Wildman–Crippen MR) is 86.8 cm³/mol. The average Bonchev–Trinajstić information content (AvgIpc) is 2.87. The summed E-state index contributed by atoms with van der Waals surface area (Å²) in [6.45, 7) is 0.659. The highest BCUT2D eigenvalue weighted by atomic mass is 35.5. The summed E-state index contributed by atoms with van der Waals surface area (Å²) in [5.74, 6) is 0.815. The second-order valence-electron chi connectivity index (χ2n) is 4.97. The SMILES string of the molecule is COc1ccc(CN(C)c2cc(Cl)nc3[nH]c(=O)[nH]c23)cc1. The van der Waals surface area contributed by atoms with E-state index >= 15 is 0 Å². The van der Waals surface area contributed by atoms with Gasteiger partial charge >= 0.3 is 5.69 Å². The highest BCUT2D eigenvalue weighted by Crippen LogP contribution is 2.26. The zero-order valence-electron chi connectivity index (χ0n) is 12.2. The van der Waals surface area contributed by atoms with Gasteiger partial charge in [0.2, 0.25) is 0 Å². The summed E-state index contributed by atoms with van der Waals surface area (Å²) in [6, 6.07) is 9.55. The Morgan fingerprint density at radius 3 is 2.68 bits per heavy atom. The minimum absolute atomic E-state index is 0.302. The van der Waals surface area contributed by atoms with Gasteiger partial charge in [-0.15, -0.1) is 0 Å². The zero-order chi connectivity index (χ0) is 15.7. The van der Waals surface area contributed by atoms with Crippen LogP contribution in [0.15, 0.2) is 35.1 Å². The lowest BCUT2D eigenvalue weighted by molar-refractivity contribution is 0.414. The summed E-state index contributed by atoms with van der Waals surface area (Å²) < 4.78 is 5.15. The van der Waals surface area contributed by atoms with Gasteiger partial charge < -0.3 is 14.6 Å². The van der Waals surface area contributed by atoms with E-state index in [0.717, 1.165) is 17.0 Å². The Morgan fingerprint density at radius 1 is 1.27 bits per heavy atom. The number of aromatic amines is 2. The van der Waals surface area contributed by atoms with Crippen molar-refractivity contribution < 1.29 is 4.74 Å². The van der Waals surface area contributed by atoms with E-state index in [2.05, 4.69) is 15.0 Å². The maximum Gasteiger partial charge on any atom is 0.325 e. The second-order valence-corrected chi connectivity index (χ2v) is 5.36. The largest absolute Gasteiger partial charge is 0.497 e. The molecule has 0 saturated heterocycles. The van der Waals surface area contributed by atoms with E-state index in [0.29, 0.717) is 22.9 Å². The Hall–Kier alpha value is -2.47. The summed E-state index contributed by atoms with van der Waals surface area (Å²) in [5.41, 5.74) is 2.72. The van der Waals surface area contributed by atoms with Gasteiger partial charge in [-0.2, -0.15) is 0 Å². The fourth-order valence-corrected chi connectivity index (χ4v) is 2.55. The summed E-state index contributed by atoms with van der Waals surface area (Å²) >= 11 is 6.03. The summed E-state index contributed by atoms with van der Waals surface area (Å²) in [6.07, 6.45) is 0. The molecule has 22 heavy (non-hydrogen) atoms. The quantitative estimate of drug-likeness (QED) is 0.725. The molecule has 0 bridgehead atoms. The molecule has 0 saturated carbocycles. The first kappa shape index (κ1) is 14.5. The molecule has 3 rings (SSSR count). The minimum Gasteiger partial charge on any atom is -0.497 e. The number of hydrogen-bond acceptors (Lipinski definition) is 4. The Balaban J connectivity index is 1.93. The lowest BCUT2D eigenvalue weighted by Gasteiger charge is -2.20. The van der Waals surface area contributed by atoms with Crippen LogP contribution in [0.3, 0.4) is 0 Å². The van der Waals surface area contributed by atoms with E-state index in [1.54, 1.807) is 13.2 Å². The molecule has 0 radical (unpaired) electrons. The third kappa shape index (κ3) is 2.78. The van der Waals surface area contributed by atoms with Crippen LogP contribution in [0.1, 0.15) is 5.56 Å². The van der Waals surface area contributed by atoms with Crippen LogP contribution in [0.2, 0.25) is 5.15 Å². The number of pyridine rings is 1. The molecule has 0 atom stereocenters. The number of methoxy groups -OCH3 is 1. The molecule has 114 valence electrons. The Labute approximate surface area is 131 Å². The molecule has 3 aromatic rings. The summed E-state index contributed by atoms with van der Waals surface area (Å²) in [4.78, 5) is 23.0. The zero-order valence-corrected chi connectivity index (χ0v) is 12.9. The molecular weight excluding hydrogens is 304 g/mol. The van der Waals surface area contributed by atoms with Gasteiger partial charge in [0.25, 0.3) is 0 Å². The molecule has 0 fully saturated rings. The van der Waals surface area contributed by atoms with Crippen LogP contribution >= 0.6 is 11.6 Å². The van der Waals surface area contributed by atoms with Crippen molar-refractivity contribution in [3.05, 3.63) is 51.5 Å². The average molecular weight is 319 g/mol. The van der Waals surface area contributed by atoms with Crippen LogP contribution in [-0.2, 0) is 6.54 Å². The first-order chi connectivity index (χ1) is 10.6. The normalized spacial score (nSPS) is 10.9. The second kappa shape index (κ2) is 5.73. The number of nitrogens with zero attached hydrogens (tertiary/aromatic N) is 2. The van der Waals surface area contributed by atoms with E-state index < -0.39 is 0 Å². The van der Waals surface area contributed by atoms with Gasteiger partial charge in [-0.05, 0) is 17.7 Å². The molecule has 0 aliphatic carbocycles. The smallest absolute Gasteiger partial charge is 0.325 e. The van der Waals surface area contributed by atoms with Gasteiger partial charge in [0.15, 0.2) is 5.65 Å². The molecule has 0 aliphatic heterocycles. The van der Waals surface area contributed by atoms with Crippen molar-refractivity contribution in [2.24, 2.45) is 0 Å². The van der Waals surface area contributed by atoms with E-state index in [4.69, 9.17) is 16.3 Å². The number of aromatic nitrogens is 3. The molecule has 0 unspecified atom stereocenters. The van der Waals surface area contributed by atoms with Gasteiger partial charge in [-0.25, -0.2) is 9.78 Å². The van der Waals surface area contributed by atoms with Crippen LogP contribution < -0.4 is 15.3 Å². The van der Waals surface area contributed by atoms with Crippen molar-refractivity contribution in [1.29, 1.82) is 0 Å². The maximum atomic E-state index is 11.5. The lowest BCUT2D eigenvalue weighted by atomic mass is 10.2. The number of rotatable bonds is 4. The molecule has 2 heterocycles. The minimum atomic E-state index is -0.302. The van der Waals surface area contributed by atoms with Crippen LogP contribution in [0.25, 0.3) is 11.2 Å². The highest BCUT2D eigenvalue weighted by Gasteiger charge is 2.12. The van der Waals surface area contributed by atoms with Crippen LogP contribution in [0, 0.1) is 0 Å². The monoisotopic (exact) mass is 318 g/mol. The number of halogens is 1. The number of nitrogens with one attached hydrogen (secondary N) is 2. The molecular formula is C15H15ClN4O2. The van der Waals surface area contributed by atoms with E-state index in [1.807, 2.05) is 36.2 Å². The molecule has 1 aromatic carbocycles. The van der Waals surface area contributed by atoms with Crippen molar-refractivity contribution in [2.45, 2.75) is 6.54 Å². The molecule has 0 aliphatic rings. The number of imidazole rings is 1. The molecule has 2 N–H and O–H groups in total. The Morgan fingerprint density at radius 2 is 2.00 bits per heavy atom. The maximum absolute atomic E-state index is 11.5.